The molecular formula is C18H25ClIN3O2S. The van der Waals surface area contributed by atoms with Crippen molar-refractivity contribution in [2.45, 2.75) is 19.4 Å². The second-order valence-corrected chi connectivity index (χ2v) is 7.11. The predicted molar refractivity (Wildman–Crippen MR) is 120 cm³/mol. The molecule has 0 fully saturated rings. The summed E-state index contributed by atoms with van der Waals surface area (Å²) in [6, 6.07) is 11.6. The van der Waals surface area contributed by atoms with Crippen LogP contribution in [0.3, 0.4) is 0 Å². The van der Waals surface area contributed by atoms with Crippen LogP contribution in [0, 0.1) is 0 Å². The molecule has 1 aromatic heterocycles. The lowest BCUT2D eigenvalue weighted by Crippen LogP contribution is -2.38. The van der Waals surface area contributed by atoms with Crippen LogP contribution in [0.4, 0.5) is 0 Å². The van der Waals surface area contributed by atoms with E-state index in [-0.39, 0.29) is 30.5 Å². The maximum Gasteiger partial charge on any atom is 0.191 e. The highest BCUT2D eigenvalue weighted by molar-refractivity contribution is 14.0. The van der Waals surface area contributed by atoms with Gasteiger partial charge in [-0.1, -0.05) is 29.8 Å². The number of para-hydroxylation sites is 1. The topological polar surface area (TPSA) is 65.9 Å². The minimum absolute atomic E-state index is 0. The van der Waals surface area contributed by atoms with E-state index in [0.29, 0.717) is 16.8 Å². The number of aliphatic imine (C=N–C) groups is 1. The first kappa shape index (κ1) is 23.0. The number of ether oxygens (including phenoxy) is 1. The smallest absolute Gasteiger partial charge is 0.191 e. The molecule has 1 unspecified atom stereocenters. The monoisotopic (exact) mass is 509 g/mol. The Bertz CT molecular complexity index is 697. The number of benzene rings is 1. The van der Waals surface area contributed by atoms with E-state index in [2.05, 4.69) is 21.7 Å². The molecule has 1 aromatic carbocycles. The summed E-state index contributed by atoms with van der Waals surface area (Å²) in [7, 11) is 1.68. The van der Waals surface area contributed by atoms with Crippen molar-refractivity contribution in [1.29, 1.82) is 0 Å². The molecular weight excluding hydrogens is 485 g/mol. The third-order valence-electron chi connectivity index (χ3n) is 3.57. The molecule has 1 heterocycles. The van der Waals surface area contributed by atoms with E-state index in [1.165, 1.54) is 11.3 Å². The summed E-state index contributed by atoms with van der Waals surface area (Å²) in [4.78, 5) is 5.27. The van der Waals surface area contributed by atoms with Gasteiger partial charge in [-0.15, -0.1) is 35.3 Å². The minimum Gasteiger partial charge on any atom is -0.496 e. The average Bonchev–Trinajstić information content (AvgIpc) is 3.06. The summed E-state index contributed by atoms with van der Waals surface area (Å²) in [6.45, 7) is 3.75. The molecule has 0 saturated carbocycles. The SMILES string of the molecule is CCNC(=NCC(O)c1ccc(Cl)s1)NCCc1ccccc1OC.I. The fourth-order valence-electron chi connectivity index (χ4n) is 2.34. The van der Waals surface area contributed by atoms with E-state index >= 15 is 0 Å². The molecule has 0 aliphatic heterocycles. The van der Waals surface area contributed by atoms with E-state index in [1.807, 2.05) is 31.2 Å². The number of aliphatic hydroxyl groups is 1. The fraction of sp³-hybridized carbons (Fsp3) is 0.389. The molecule has 0 saturated heterocycles. The Morgan fingerprint density at radius 2 is 2.04 bits per heavy atom. The second-order valence-electron chi connectivity index (χ2n) is 5.37. The van der Waals surface area contributed by atoms with Crippen molar-refractivity contribution in [2.75, 3.05) is 26.7 Å². The molecule has 1 atom stereocenters. The van der Waals surface area contributed by atoms with E-state index in [1.54, 1.807) is 13.2 Å². The van der Waals surface area contributed by atoms with Gasteiger partial charge in [0.2, 0.25) is 0 Å². The van der Waals surface area contributed by atoms with Gasteiger partial charge in [-0.3, -0.25) is 4.99 Å². The molecule has 0 amide bonds. The van der Waals surface area contributed by atoms with Crippen LogP contribution < -0.4 is 15.4 Å². The number of halogens is 2. The van der Waals surface area contributed by atoms with Crippen molar-refractivity contribution in [3.63, 3.8) is 0 Å². The van der Waals surface area contributed by atoms with E-state index < -0.39 is 6.10 Å². The van der Waals surface area contributed by atoms with Gasteiger partial charge in [0.15, 0.2) is 5.96 Å². The van der Waals surface area contributed by atoms with Gasteiger partial charge in [-0.2, -0.15) is 0 Å². The van der Waals surface area contributed by atoms with Crippen molar-refractivity contribution in [3.05, 3.63) is 51.2 Å². The normalized spacial score (nSPS) is 12.2. The first-order valence-electron chi connectivity index (χ1n) is 8.21. The summed E-state index contributed by atoms with van der Waals surface area (Å²) < 4.78 is 6.03. The zero-order valence-corrected chi connectivity index (χ0v) is 18.8. The van der Waals surface area contributed by atoms with E-state index in [9.17, 15) is 5.11 Å². The number of rotatable bonds is 8. The molecule has 3 N–H and O–H groups in total. The first-order valence-corrected chi connectivity index (χ1v) is 9.40. The molecule has 0 aliphatic rings. The van der Waals surface area contributed by atoms with Crippen LogP contribution in [0.15, 0.2) is 41.4 Å². The van der Waals surface area contributed by atoms with Crippen LogP contribution in [0.2, 0.25) is 4.34 Å². The molecule has 0 radical (unpaired) electrons. The average molecular weight is 510 g/mol. The zero-order chi connectivity index (χ0) is 18.1. The van der Waals surface area contributed by atoms with Gasteiger partial charge in [0.05, 0.1) is 18.0 Å². The Kier molecular flexibility index (Phi) is 11.0. The van der Waals surface area contributed by atoms with Crippen LogP contribution in [-0.2, 0) is 6.42 Å². The van der Waals surface area contributed by atoms with Crippen LogP contribution >= 0.6 is 46.9 Å². The predicted octanol–water partition coefficient (Wildman–Crippen LogP) is 3.86. The van der Waals surface area contributed by atoms with Gasteiger partial charge >= 0.3 is 0 Å². The Morgan fingerprint density at radius 1 is 1.27 bits per heavy atom. The molecule has 0 spiro atoms. The van der Waals surface area contributed by atoms with Gasteiger partial charge in [0, 0.05) is 18.0 Å². The van der Waals surface area contributed by atoms with Gasteiger partial charge in [0.1, 0.15) is 11.9 Å². The first-order chi connectivity index (χ1) is 12.1. The quantitative estimate of drug-likeness (QED) is 0.287. The van der Waals surface area contributed by atoms with Crippen molar-refractivity contribution in [3.8, 4) is 5.75 Å². The summed E-state index contributed by atoms with van der Waals surface area (Å²) in [6.07, 6.45) is 0.166. The van der Waals surface area contributed by atoms with Crippen LogP contribution in [-0.4, -0.2) is 37.8 Å². The lowest BCUT2D eigenvalue weighted by Gasteiger charge is -2.13. The number of methoxy groups -OCH3 is 1. The highest BCUT2D eigenvalue weighted by Gasteiger charge is 2.10. The lowest BCUT2D eigenvalue weighted by atomic mass is 10.1. The highest BCUT2D eigenvalue weighted by atomic mass is 127. The highest BCUT2D eigenvalue weighted by Crippen LogP contribution is 2.26. The third kappa shape index (κ3) is 7.30. The summed E-state index contributed by atoms with van der Waals surface area (Å²) >= 11 is 7.28. The van der Waals surface area contributed by atoms with Crippen molar-refractivity contribution < 1.29 is 9.84 Å². The van der Waals surface area contributed by atoms with E-state index in [0.717, 1.165) is 29.2 Å². The summed E-state index contributed by atoms with van der Waals surface area (Å²) in [5.41, 5.74) is 1.14. The van der Waals surface area contributed by atoms with Gasteiger partial charge in [-0.05, 0) is 37.1 Å². The molecule has 5 nitrogen and oxygen atoms in total. The van der Waals surface area contributed by atoms with Crippen LogP contribution in [0.25, 0.3) is 0 Å². The molecule has 0 aliphatic carbocycles. The number of nitrogens with zero attached hydrogens (tertiary/aromatic N) is 1. The maximum absolute atomic E-state index is 10.2. The van der Waals surface area contributed by atoms with Gasteiger partial charge < -0.3 is 20.5 Å². The molecule has 144 valence electrons. The molecule has 2 rings (SSSR count). The largest absolute Gasteiger partial charge is 0.496 e. The van der Waals surface area contributed by atoms with Crippen molar-refractivity contribution in [1.82, 2.24) is 10.6 Å². The van der Waals surface area contributed by atoms with Crippen LogP contribution in [0.1, 0.15) is 23.5 Å². The van der Waals surface area contributed by atoms with Gasteiger partial charge in [0.25, 0.3) is 0 Å². The number of aliphatic hydroxyl groups excluding tert-OH is 1. The zero-order valence-electron chi connectivity index (χ0n) is 14.9. The Hall–Kier alpha value is -1.03. The Labute approximate surface area is 180 Å². The van der Waals surface area contributed by atoms with Crippen molar-refractivity contribution in [2.24, 2.45) is 4.99 Å². The molecule has 26 heavy (non-hydrogen) atoms. The Balaban J connectivity index is 0.00000338. The van der Waals surface area contributed by atoms with Crippen molar-refractivity contribution >= 4 is 52.9 Å². The minimum atomic E-state index is -0.651. The Morgan fingerprint density at radius 3 is 2.69 bits per heavy atom. The maximum atomic E-state index is 10.2. The number of hydrogen-bond acceptors (Lipinski definition) is 4. The number of nitrogens with one attached hydrogen (secondary N) is 2. The standard InChI is InChI=1S/C18H24ClN3O2S.HI/c1-3-20-18(22-12-14(23)16-8-9-17(19)25-16)21-11-10-13-6-4-5-7-15(13)24-2;/h4-9,14,23H,3,10-12H2,1-2H3,(H2,20,21,22);1H. The molecule has 0 bridgehead atoms. The number of thiophene rings is 1. The van der Waals surface area contributed by atoms with Crippen LogP contribution in [0.5, 0.6) is 5.75 Å². The van der Waals surface area contributed by atoms with E-state index in [4.69, 9.17) is 16.3 Å². The van der Waals surface area contributed by atoms with Gasteiger partial charge in [-0.25, -0.2) is 0 Å². The number of guanidine groups is 1. The third-order valence-corrected chi connectivity index (χ3v) is 4.90. The fourth-order valence-corrected chi connectivity index (χ4v) is 3.38. The lowest BCUT2D eigenvalue weighted by molar-refractivity contribution is 0.191. The number of hydrogen-bond donors (Lipinski definition) is 3. The molecule has 2 aromatic rings. The summed E-state index contributed by atoms with van der Waals surface area (Å²) in [5.74, 6) is 1.57. The molecule has 8 heteroatoms. The second kappa shape index (κ2) is 12.4. The summed E-state index contributed by atoms with van der Waals surface area (Å²) in [5, 5.41) is 16.7.